The molecule has 0 saturated heterocycles. The van der Waals surface area contributed by atoms with Crippen LogP contribution >= 0.6 is 24.0 Å². The number of thioether (sulfide) groups is 1. The minimum Gasteiger partial charge on any atom is -0.468 e. The summed E-state index contributed by atoms with van der Waals surface area (Å²) in [6.45, 7) is 5.49. The lowest BCUT2D eigenvalue weighted by atomic mass is 10.1. The lowest BCUT2D eigenvalue weighted by Gasteiger charge is -2.20. The van der Waals surface area contributed by atoms with Crippen LogP contribution in [0.1, 0.15) is 38.7 Å². The van der Waals surface area contributed by atoms with E-state index in [2.05, 4.69) is 17.7 Å². The molecule has 0 aliphatic rings. The maximum Gasteiger partial charge on any atom is 0.293 e. The first kappa shape index (κ1) is 21.6. The molecule has 2 N–H and O–H groups in total. The Balaban J connectivity index is 0.000000585. The third kappa shape index (κ3) is 10.1. The first-order chi connectivity index (χ1) is 11.0. The van der Waals surface area contributed by atoms with E-state index in [0.717, 1.165) is 29.0 Å². The number of nitriles is 1. The molecule has 0 fully saturated rings. The average Bonchev–Trinajstić information content (AvgIpc) is 2.57. The fourth-order valence-corrected chi connectivity index (χ4v) is 3.36. The standard InChI is InChI=1S/C13H15NS2.C4H9NO2/c1-3-9-13(2,10-14)16-12(15)11-7-5-4-6-8-11;5-2-1-3-7-4-6/h4-8H,3,9H2,1-2H3;4H,1-3,5H2. The van der Waals surface area contributed by atoms with Crippen LogP contribution in [0, 0.1) is 11.3 Å². The number of carbonyl (C=O) groups excluding carboxylic acids is 1. The zero-order chi connectivity index (χ0) is 17.6. The highest BCUT2D eigenvalue weighted by Crippen LogP contribution is 2.32. The van der Waals surface area contributed by atoms with Crippen LogP contribution in [0.4, 0.5) is 0 Å². The summed E-state index contributed by atoms with van der Waals surface area (Å²) in [7, 11) is 0. The summed E-state index contributed by atoms with van der Waals surface area (Å²) in [5.74, 6) is 0. The lowest BCUT2D eigenvalue weighted by molar-refractivity contribution is -0.128. The molecular weight excluding hydrogens is 328 g/mol. The van der Waals surface area contributed by atoms with Crippen LogP contribution in [-0.4, -0.2) is 28.6 Å². The summed E-state index contributed by atoms with van der Waals surface area (Å²) in [5, 5.41) is 9.18. The van der Waals surface area contributed by atoms with Crippen molar-refractivity contribution in [2.24, 2.45) is 5.73 Å². The van der Waals surface area contributed by atoms with Gasteiger partial charge in [-0.05, 0) is 31.9 Å². The van der Waals surface area contributed by atoms with Gasteiger partial charge in [-0.2, -0.15) is 5.26 Å². The highest BCUT2D eigenvalue weighted by molar-refractivity contribution is 8.24. The summed E-state index contributed by atoms with van der Waals surface area (Å²) in [4.78, 5) is 9.42. The normalized spacial score (nSPS) is 12.1. The number of hydrogen-bond acceptors (Lipinski definition) is 6. The van der Waals surface area contributed by atoms with Gasteiger partial charge in [-0.1, -0.05) is 67.7 Å². The van der Waals surface area contributed by atoms with Crippen LogP contribution in [0.5, 0.6) is 0 Å². The highest BCUT2D eigenvalue weighted by atomic mass is 32.2. The maximum absolute atomic E-state index is 9.42. The van der Waals surface area contributed by atoms with Crippen LogP contribution < -0.4 is 5.73 Å². The van der Waals surface area contributed by atoms with E-state index in [1.807, 2.05) is 37.3 Å². The van der Waals surface area contributed by atoms with Gasteiger partial charge in [0.25, 0.3) is 6.47 Å². The molecule has 126 valence electrons. The first-order valence-electron chi connectivity index (χ1n) is 7.48. The molecule has 0 aromatic heterocycles. The monoisotopic (exact) mass is 352 g/mol. The van der Waals surface area contributed by atoms with Crippen molar-refractivity contribution in [2.75, 3.05) is 13.2 Å². The minimum absolute atomic E-state index is 0.401. The highest BCUT2D eigenvalue weighted by Gasteiger charge is 2.25. The van der Waals surface area contributed by atoms with Crippen LogP contribution in [0.25, 0.3) is 0 Å². The van der Waals surface area contributed by atoms with Gasteiger partial charge in [0.1, 0.15) is 4.75 Å². The number of carbonyl (C=O) groups is 1. The molecule has 0 heterocycles. The molecule has 0 bridgehead atoms. The van der Waals surface area contributed by atoms with Crippen LogP contribution in [0.15, 0.2) is 30.3 Å². The summed E-state index contributed by atoms with van der Waals surface area (Å²) in [6, 6.07) is 12.2. The molecule has 0 aliphatic carbocycles. The molecule has 4 nitrogen and oxygen atoms in total. The van der Waals surface area contributed by atoms with Crippen LogP contribution in [-0.2, 0) is 9.53 Å². The summed E-state index contributed by atoms with van der Waals surface area (Å²) < 4.78 is 4.72. The number of nitrogens with zero attached hydrogens (tertiary/aromatic N) is 1. The molecular formula is C17H24N2O2S2. The first-order valence-corrected chi connectivity index (χ1v) is 8.70. The predicted octanol–water partition coefficient (Wildman–Crippen LogP) is 3.69. The van der Waals surface area contributed by atoms with Crippen molar-refractivity contribution in [3.63, 3.8) is 0 Å². The Labute approximate surface area is 148 Å². The SMILES string of the molecule is CCCC(C)(C#N)SC(=S)c1ccccc1.NCCCOC=O. The van der Waals surface area contributed by atoms with E-state index >= 15 is 0 Å². The van der Waals surface area contributed by atoms with E-state index in [0.29, 0.717) is 19.6 Å². The van der Waals surface area contributed by atoms with Gasteiger partial charge in [-0.25, -0.2) is 0 Å². The number of ether oxygens (including phenoxy) is 1. The Morgan fingerprint density at radius 2 is 2.13 bits per heavy atom. The van der Waals surface area contributed by atoms with E-state index in [-0.39, 0.29) is 0 Å². The smallest absolute Gasteiger partial charge is 0.293 e. The average molecular weight is 353 g/mol. The van der Waals surface area contributed by atoms with Gasteiger partial charge >= 0.3 is 0 Å². The van der Waals surface area contributed by atoms with Crippen molar-refractivity contribution in [2.45, 2.75) is 37.9 Å². The van der Waals surface area contributed by atoms with Crippen molar-refractivity contribution < 1.29 is 9.53 Å². The Morgan fingerprint density at radius 3 is 2.61 bits per heavy atom. The van der Waals surface area contributed by atoms with Gasteiger partial charge in [0.15, 0.2) is 0 Å². The van der Waals surface area contributed by atoms with Gasteiger partial charge in [-0.15, -0.1) is 0 Å². The van der Waals surface area contributed by atoms with Gasteiger partial charge < -0.3 is 10.5 Å². The summed E-state index contributed by atoms with van der Waals surface area (Å²) >= 11 is 6.86. The fourth-order valence-electron chi connectivity index (χ4n) is 1.66. The number of nitrogens with two attached hydrogens (primary N) is 1. The number of thiocarbonyl (C=S) groups is 1. The number of rotatable bonds is 8. The van der Waals surface area contributed by atoms with Crippen molar-refractivity contribution in [1.29, 1.82) is 5.26 Å². The molecule has 6 heteroatoms. The van der Waals surface area contributed by atoms with E-state index in [1.165, 1.54) is 11.8 Å². The van der Waals surface area contributed by atoms with Crippen molar-refractivity contribution in [3.8, 4) is 6.07 Å². The maximum atomic E-state index is 9.42. The molecule has 0 amide bonds. The summed E-state index contributed by atoms with van der Waals surface area (Å²) in [6.07, 6.45) is 2.61. The van der Waals surface area contributed by atoms with Gasteiger partial charge in [0, 0.05) is 0 Å². The van der Waals surface area contributed by atoms with E-state index < -0.39 is 4.75 Å². The molecule has 0 saturated carbocycles. The van der Waals surface area contributed by atoms with Crippen molar-refractivity contribution >= 4 is 34.6 Å². The fraction of sp³-hybridized carbons (Fsp3) is 0.471. The van der Waals surface area contributed by atoms with Gasteiger partial charge in [0.05, 0.1) is 16.9 Å². The minimum atomic E-state index is -0.401. The van der Waals surface area contributed by atoms with Crippen LogP contribution in [0.2, 0.25) is 0 Å². The molecule has 0 aliphatic heterocycles. The van der Waals surface area contributed by atoms with Crippen LogP contribution in [0.3, 0.4) is 0 Å². The van der Waals surface area contributed by atoms with E-state index in [1.54, 1.807) is 0 Å². The summed E-state index contributed by atoms with van der Waals surface area (Å²) in [5.41, 5.74) is 6.10. The third-order valence-corrected chi connectivity index (χ3v) is 4.48. The number of hydrogen-bond donors (Lipinski definition) is 1. The Morgan fingerprint density at radius 1 is 1.48 bits per heavy atom. The van der Waals surface area contributed by atoms with Crippen molar-refractivity contribution in [3.05, 3.63) is 35.9 Å². The molecule has 0 spiro atoms. The molecule has 1 rings (SSSR count). The third-order valence-electron chi connectivity index (χ3n) is 2.83. The second-order valence-corrected chi connectivity index (χ2v) is 7.14. The zero-order valence-electron chi connectivity index (χ0n) is 13.7. The largest absolute Gasteiger partial charge is 0.468 e. The molecule has 1 unspecified atom stereocenters. The van der Waals surface area contributed by atoms with Gasteiger partial charge in [0.2, 0.25) is 0 Å². The molecule has 1 aromatic carbocycles. The quantitative estimate of drug-likeness (QED) is 0.437. The molecule has 1 atom stereocenters. The van der Waals surface area contributed by atoms with Gasteiger partial charge in [-0.3, -0.25) is 4.79 Å². The lowest BCUT2D eigenvalue weighted by Crippen LogP contribution is -2.19. The molecule has 1 aromatic rings. The topological polar surface area (TPSA) is 76.1 Å². The van der Waals surface area contributed by atoms with E-state index in [9.17, 15) is 10.1 Å². The number of benzene rings is 1. The Bertz CT molecular complexity index is 503. The molecule has 0 radical (unpaired) electrons. The predicted molar refractivity (Wildman–Crippen MR) is 100 cm³/mol. The Kier molecular flexibility index (Phi) is 12.3. The molecule has 23 heavy (non-hydrogen) atoms. The Hall–Kier alpha value is -1.42. The second-order valence-electron chi connectivity index (χ2n) is 4.96. The zero-order valence-corrected chi connectivity index (χ0v) is 15.3. The van der Waals surface area contributed by atoms with Crippen molar-refractivity contribution in [1.82, 2.24) is 0 Å². The van der Waals surface area contributed by atoms with E-state index in [4.69, 9.17) is 18.0 Å². The second kappa shape index (κ2) is 13.1.